The van der Waals surface area contributed by atoms with Gasteiger partial charge in [0.25, 0.3) is 0 Å². The summed E-state index contributed by atoms with van der Waals surface area (Å²) < 4.78 is 5.94. The van der Waals surface area contributed by atoms with Gasteiger partial charge in [-0.3, -0.25) is 0 Å². The molecule has 3 atom stereocenters. The third-order valence-corrected chi connectivity index (χ3v) is 4.83. The summed E-state index contributed by atoms with van der Waals surface area (Å²) in [5.74, 6) is 2.48. The second-order valence-electron chi connectivity index (χ2n) is 6.49. The first-order valence-corrected chi connectivity index (χ1v) is 8.28. The minimum absolute atomic E-state index is 0.491. The molecule has 0 radical (unpaired) electrons. The van der Waals surface area contributed by atoms with Crippen LogP contribution < -0.4 is 10.1 Å². The van der Waals surface area contributed by atoms with Gasteiger partial charge >= 0.3 is 0 Å². The van der Waals surface area contributed by atoms with Crippen LogP contribution in [0.3, 0.4) is 0 Å². The predicted molar refractivity (Wildman–Crippen MR) is 83.3 cm³/mol. The highest BCUT2D eigenvalue weighted by Gasteiger charge is 2.33. The molecule has 0 saturated heterocycles. The molecule has 3 unspecified atom stereocenters. The number of rotatable bonds is 6. The summed E-state index contributed by atoms with van der Waals surface area (Å²) in [5.41, 5.74) is 1.47. The summed E-state index contributed by atoms with van der Waals surface area (Å²) in [4.78, 5) is 0. The van der Waals surface area contributed by atoms with Crippen molar-refractivity contribution in [3.8, 4) is 5.75 Å². The highest BCUT2D eigenvalue weighted by atomic mass is 16.5. The quantitative estimate of drug-likeness (QED) is 0.842. The van der Waals surface area contributed by atoms with Crippen molar-refractivity contribution in [2.45, 2.75) is 64.0 Å². The molecule has 1 N–H and O–H groups in total. The largest absolute Gasteiger partial charge is 0.490 e. The summed E-state index contributed by atoms with van der Waals surface area (Å²) in [6, 6.07) is 9.51. The van der Waals surface area contributed by atoms with E-state index >= 15 is 0 Å². The van der Waals surface area contributed by atoms with Crippen molar-refractivity contribution in [2.75, 3.05) is 6.54 Å². The Bertz CT molecular complexity index is 441. The monoisotopic (exact) mass is 273 g/mol. The van der Waals surface area contributed by atoms with Gasteiger partial charge in [0.2, 0.25) is 0 Å². The van der Waals surface area contributed by atoms with E-state index in [1.165, 1.54) is 37.7 Å². The standard InChI is InChI=1S/C18H27NO/c1-3-11-19-18-10-9-17(13(18)2)14-5-4-6-16(12-14)20-15-7-8-15/h4-6,12-13,15,17-19H,3,7-11H2,1-2H3. The number of hydrogen-bond donors (Lipinski definition) is 1. The molecule has 2 heteroatoms. The Morgan fingerprint density at radius 1 is 1.20 bits per heavy atom. The number of hydrogen-bond acceptors (Lipinski definition) is 2. The fourth-order valence-corrected chi connectivity index (χ4v) is 3.45. The Kier molecular flexibility index (Phi) is 4.30. The zero-order chi connectivity index (χ0) is 13.9. The van der Waals surface area contributed by atoms with Crippen molar-refractivity contribution >= 4 is 0 Å². The predicted octanol–water partition coefficient (Wildman–Crippen LogP) is 4.11. The molecule has 1 aromatic rings. The fourth-order valence-electron chi connectivity index (χ4n) is 3.45. The van der Waals surface area contributed by atoms with E-state index in [2.05, 4.69) is 43.4 Å². The van der Waals surface area contributed by atoms with E-state index < -0.39 is 0 Å². The Morgan fingerprint density at radius 2 is 2.05 bits per heavy atom. The number of nitrogens with one attached hydrogen (secondary N) is 1. The summed E-state index contributed by atoms with van der Waals surface area (Å²) in [7, 11) is 0. The van der Waals surface area contributed by atoms with Crippen molar-refractivity contribution in [2.24, 2.45) is 5.92 Å². The van der Waals surface area contributed by atoms with Gasteiger partial charge < -0.3 is 10.1 Å². The van der Waals surface area contributed by atoms with Crippen LogP contribution in [-0.2, 0) is 0 Å². The first kappa shape index (κ1) is 13.9. The minimum atomic E-state index is 0.491. The van der Waals surface area contributed by atoms with Crippen LogP contribution in [-0.4, -0.2) is 18.7 Å². The molecule has 3 rings (SSSR count). The van der Waals surface area contributed by atoms with Crippen LogP contribution in [0.1, 0.15) is 57.4 Å². The number of benzene rings is 1. The van der Waals surface area contributed by atoms with Crippen molar-refractivity contribution in [3.05, 3.63) is 29.8 Å². The van der Waals surface area contributed by atoms with Gasteiger partial charge in [0.05, 0.1) is 6.10 Å². The molecule has 0 aromatic heterocycles. The maximum Gasteiger partial charge on any atom is 0.120 e. The van der Waals surface area contributed by atoms with Crippen molar-refractivity contribution in [1.29, 1.82) is 0 Å². The second-order valence-corrected chi connectivity index (χ2v) is 6.49. The van der Waals surface area contributed by atoms with Gasteiger partial charge in [-0.25, -0.2) is 0 Å². The van der Waals surface area contributed by atoms with E-state index in [1.807, 2.05) is 0 Å². The molecule has 0 aliphatic heterocycles. The molecule has 2 saturated carbocycles. The first-order valence-electron chi connectivity index (χ1n) is 8.28. The molecular weight excluding hydrogens is 246 g/mol. The molecule has 0 bridgehead atoms. The zero-order valence-corrected chi connectivity index (χ0v) is 12.8. The molecule has 2 aliphatic rings. The Labute approximate surface area is 122 Å². The van der Waals surface area contributed by atoms with Crippen LogP contribution in [0.25, 0.3) is 0 Å². The molecule has 20 heavy (non-hydrogen) atoms. The van der Waals surface area contributed by atoms with Crippen molar-refractivity contribution < 1.29 is 4.74 Å². The molecule has 1 aromatic carbocycles. The summed E-state index contributed by atoms with van der Waals surface area (Å²) in [6.07, 6.45) is 6.78. The third kappa shape index (κ3) is 3.17. The van der Waals surface area contributed by atoms with Gasteiger partial charge in [-0.1, -0.05) is 26.0 Å². The highest BCUT2D eigenvalue weighted by molar-refractivity contribution is 5.32. The lowest BCUT2D eigenvalue weighted by atomic mass is 9.89. The molecule has 2 nitrogen and oxygen atoms in total. The van der Waals surface area contributed by atoms with E-state index in [0.717, 1.165) is 18.2 Å². The summed E-state index contributed by atoms with van der Waals surface area (Å²) >= 11 is 0. The normalized spacial score (nSPS) is 29.6. The Balaban J connectivity index is 1.66. The maximum atomic E-state index is 5.94. The second kappa shape index (κ2) is 6.17. The van der Waals surface area contributed by atoms with Crippen LogP contribution in [0.4, 0.5) is 0 Å². The average Bonchev–Trinajstić information content (AvgIpc) is 3.19. The minimum Gasteiger partial charge on any atom is -0.490 e. The molecule has 2 aliphatic carbocycles. The van der Waals surface area contributed by atoms with Gasteiger partial charge in [0, 0.05) is 6.04 Å². The maximum absolute atomic E-state index is 5.94. The molecule has 110 valence electrons. The molecule has 0 spiro atoms. The van der Waals surface area contributed by atoms with Gasteiger partial charge in [-0.2, -0.15) is 0 Å². The van der Waals surface area contributed by atoms with Gasteiger partial charge in [-0.15, -0.1) is 0 Å². The Hall–Kier alpha value is -1.02. The number of ether oxygens (including phenoxy) is 1. The van der Waals surface area contributed by atoms with Gasteiger partial charge in [-0.05, 0) is 68.2 Å². The average molecular weight is 273 g/mol. The smallest absolute Gasteiger partial charge is 0.120 e. The van der Waals surface area contributed by atoms with Crippen LogP contribution >= 0.6 is 0 Å². The lowest BCUT2D eigenvalue weighted by Gasteiger charge is -2.22. The SMILES string of the molecule is CCCNC1CCC(c2cccc(OC3CC3)c2)C1C. The molecule has 0 amide bonds. The van der Waals surface area contributed by atoms with E-state index in [0.29, 0.717) is 18.1 Å². The molecule has 2 fully saturated rings. The van der Waals surface area contributed by atoms with E-state index in [9.17, 15) is 0 Å². The summed E-state index contributed by atoms with van der Waals surface area (Å²) in [5, 5.41) is 3.71. The third-order valence-electron chi connectivity index (χ3n) is 4.83. The van der Waals surface area contributed by atoms with Crippen LogP contribution in [0.5, 0.6) is 5.75 Å². The van der Waals surface area contributed by atoms with Crippen LogP contribution in [0.2, 0.25) is 0 Å². The molecule has 0 heterocycles. The molecular formula is C18H27NO. The van der Waals surface area contributed by atoms with Gasteiger partial charge in [0.15, 0.2) is 0 Å². The van der Waals surface area contributed by atoms with Crippen molar-refractivity contribution in [1.82, 2.24) is 5.32 Å². The Morgan fingerprint density at radius 3 is 2.80 bits per heavy atom. The topological polar surface area (TPSA) is 21.3 Å². The highest BCUT2D eigenvalue weighted by Crippen LogP contribution is 2.40. The fraction of sp³-hybridized carbons (Fsp3) is 0.667. The van der Waals surface area contributed by atoms with Crippen LogP contribution in [0.15, 0.2) is 24.3 Å². The van der Waals surface area contributed by atoms with Crippen molar-refractivity contribution in [3.63, 3.8) is 0 Å². The lowest BCUT2D eigenvalue weighted by Crippen LogP contribution is -2.32. The first-order chi connectivity index (χ1) is 9.78. The zero-order valence-electron chi connectivity index (χ0n) is 12.8. The van der Waals surface area contributed by atoms with E-state index in [4.69, 9.17) is 4.74 Å². The van der Waals surface area contributed by atoms with Gasteiger partial charge in [0.1, 0.15) is 5.75 Å². The lowest BCUT2D eigenvalue weighted by molar-refractivity contribution is 0.302. The summed E-state index contributed by atoms with van der Waals surface area (Å²) in [6.45, 7) is 5.79. The van der Waals surface area contributed by atoms with Crippen LogP contribution in [0, 0.1) is 5.92 Å². The van der Waals surface area contributed by atoms with E-state index in [-0.39, 0.29) is 0 Å². The van der Waals surface area contributed by atoms with E-state index in [1.54, 1.807) is 0 Å².